The van der Waals surface area contributed by atoms with Gasteiger partial charge in [0, 0.05) is 26.1 Å². The molecule has 4 rings (SSSR count). The summed E-state index contributed by atoms with van der Waals surface area (Å²) in [6.45, 7) is 11.2. The molecule has 0 aromatic rings. The van der Waals surface area contributed by atoms with Gasteiger partial charge < -0.3 is 19.8 Å². The summed E-state index contributed by atoms with van der Waals surface area (Å²) in [6.07, 6.45) is 8.61. The van der Waals surface area contributed by atoms with Crippen LogP contribution < -0.4 is 0 Å². The summed E-state index contributed by atoms with van der Waals surface area (Å²) in [6, 6.07) is 0. The fraction of sp³-hybridized carbons (Fsp3) is 0.786. The summed E-state index contributed by atoms with van der Waals surface area (Å²) in [5.41, 5.74) is 3.53. The second-order valence-corrected chi connectivity index (χ2v) is 11.5. The van der Waals surface area contributed by atoms with Gasteiger partial charge in [0.05, 0.1) is 18.3 Å². The van der Waals surface area contributed by atoms with Crippen LogP contribution in [0, 0.1) is 23.2 Å². The Kier molecular flexibility index (Phi) is 8.33. The van der Waals surface area contributed by atoms with Gasteiger partial charge in [-0.25, -0.2) is 8.78 Å². The van der Waals surface area contributed by atoms with Crippen LogP contribution in [0.25, 0.3) is 0 Å². The van der Waals surface area contributed by atoms with Crippen LogP contribution in [0.15, 0.2) is 35.5 Å². The number of likely N-dealkylation sites (tertiary alicyclic amines) is 1. The van der Waals surface area contributed by atoms with E-state index in [1.54, 1.807) is 0 Å². The molecular weight excluding hydrogens is 436 g/mol. The maximum atomic E-state index is 12.5. The SMILES string of the molecule is C=C1/C(=C\C=C2/CCC[C@]3(C)[C@@H]([C@H](C)CN4CC[C@H](OCC(F)F)C4)CC[C@@H]23)C[C@@H](O)C[C@@H]1O. The lowest BCUT2D eigenvalue weighted by Gasteiger charge is -2.45. The van der Waals surface area contributed by atoms with E-state index in [-0.39, 0.29) is 11.5 Å². The number of aliphatic hydroxyl groups excluding tert-OH is 2. The van der Waals surface area contributed by atoms with Crippen molar-refractivity contribution in [1.82, 2.24) is 4.90 Å². The van der Waals surface area contributed by atoms with Crippen LogP contribution in [0.2, 0.25) is 0 Å². The Balaban J connectivity index is 1.39. The zero-order valence-corrected chi connectivity index (χ0v) is 20.9. The largest absolute Gasteiger partial charge is 0.393 e. The Morgan fingerprint density at radius 3 is 2.79 bits per heavy atom. The summed E-state index contributed by atoms with van der Waals surface area (Å²) >= 11 is 0. The third kappa shape index (κ3) is 5.66. The molecule has 3 saturated carbocycles. The van der Waals surface area contributed by atoms with E-state index >= 15 is 0 Å². The van der Waals surface area contributed by atoms with Gasteiger partial charge in [0.1, 0.15) is 6.61 Å². The van der Waals surface area contributed by atoms with Crippen molar-refractivity contribution in [2.24, 2.45) is 23.2 Å². The Hall–Kier alpha value is -1.08. The first-order valence-corrected chi connectivity index (χ1v) is 13.2. The molecule has 192 valence electrons. The molecule has 1 saturated heterocycles. The Morgan fingerprint density at radius 2 is 2.03 bits per heavy atom. The molecule has 0 bridgehead atoms. The molecule has 2 N–H and O–H groups in total. The summed E-state index contributed by atoms with van der Waals surface area (Å²) in [4.78, 5) is 2.41. The van der Waals surface area contributed by atoms with Gasteiger partial charge in [-0.3, -0.25) is 0 Å². The Bertz CT molecular complexity index is 797. The molecule has 1 heterocycles. The molecule has 1 aliphatic heterocycles. The van der Waals surface area contributed by atoms with E-state index in [2.05, 4.69) is 37.5 Å². The lowest BCUT2D eigenvalue weighted by Crippen LogP contribution is -2.39. The topological polar surface area (TPSA) is 52.9 Å². The van der Waals surface area contributed by atoms with Crippen molar-refractivity contribution in [2.45, 2.75) is 90.0 Å². The number of nitrogens with zero attached hydrogens (tertiary/aromatic N) is 1. The lowest BCUT2D eigenvalue weighted by molar-refractivity contribution is -0.0207. The number of aliphatic hydroxyl groups is 2. The molecule has 6 heteroatoms. The molecule has 0 spiro atoms. The van der Waals surface area contributed by atoms with Crippen molar-refractivity contribution in [2.75, 3.05) is 26.2 Å². The van der Waals surface area contributed by atoms with Gasteiger partial charge in [-0.15, -0.1) is 0 Å². The van der Waals surface area contributed by atoms with E-state index in [9.17, 15) is 19.0 Å². The van der Waals surface area contributed by atoms with Crippen molar-refractivity contribution in [3.05, 3.63) is 35.5 Å². The molecule has 0 amide bonds. The lowest BCUT2D eigenvalue weighted by atomic mass is 9.61. The number of allylic oxidation sites excluding steroid dienone is 3. The minimum atomic E-state index is -2.39. The van der Waals surface area contributed by atoms with Gasteiger partial charge in [-0.1, -0.05) is 38.2 Å². The monoisotopic (exact) mass is 479 g/mol. The quantitative estimate of drug-likeness (QED) is 0.532. The van der Waals surface area contributed by atoms with Gasteiger partial charge in [-0.2, -0.15) is 0 Å². The summed E-state index contributed by atoms with van der Waals surface area (Å²) in [7, 11) is 0. The minimum Gasteiger partial charge on any atom is -0.393 e. The third-order valence-electron chi connectivity index (χ3n) is 9.22. The number of halogens is 2. The zero-order chi connectivity index (χ0) is 24.5. The van der Waals surface area contributed by atoms with Crippen LogP contribution in [0.5, 0.6) is 0 Å². The minimum absolute atomic E-state index is 0.0584. The molecule has 0 aromatic carbocycles. The standard InChI is InChI=1S/C28H43F2NO3/c1-18(15-31-12-10-23(16-31)34-17-27(29)30)24-8-9-25-20(5-4-11-28(24,25)3)6-7-21-13-22(32)14-26(33)19(21)2/h6-7,18,22-27,32-33H,2,4-5,8-17H2,1,3H3/b20-6+,21-7-/t18-,22-,23+,24-,25+,26+,28-/m1/s1. The normalized spacial score (nSPS) is 40.4. The van der Waals surface area contributed by atoms with E-state index in [0.717, 1.165) is 43.6 Å². The van der Waals surface area contributed by atoms with Crippen molar-refractivity contribution in [3.63, 3.8) is 0 Å². The van der Waals surface area contributed by atoms with E-state index < -0.39 is 25.2 Å². The van der Waals surface area contributed by atoms with Gasteiger partial charge in [0.25, 0.3) is 6.43 Å². The fourth-order valence-corrected chi connectivity index (χ4v) is 7.52. The van der Waals surface area contributed by atoms with E-state index in [0.29, 0.717) is 30.6 Å². The second-order valence-electron chi connectivity index (χ2n) is 11.5. The van der Waals surface area contributed by atoms with Crippen molar-refractivity contribution < 1.29 is 23.7 Å². The number of hydrogen-bond donors (Lipinski definition) is 2. The molecule has 7 atom stereocenters. The van der Waals surface area contributed by atoms with Crippen LogP contribution >= 0.6 is 0 Å². The molecule has 4 fully saturated rings. The maximum Gasteiger partial charge on any atom is 0.261 e. The van der Waals surface area contributed by atoms with Crippen LogP contribution in [-0.4, -0.2) is 66.1 Å². The van der Waals surface area contributed by atoms with Gasteiger partial charge >= 0.3 is 0 Å². The molecule has 34 heavy (non-hydrogen) atoms. The zero-order valence-electron chi connectivity index (χ0n) is 20.9. The predicted octanol–water partition coefficient (Wildman–Crippen LogP) is 5.12. The van der Waals surface area contributed by atoms with Crippen LogP contribution in [-0.2, 0) is 4.74 Å². The highest BCUT2D eigenvalue weighted by atomic mass is 19.3. The first-order chi connectivity index (χ1) is 16.2. The average molecular weight is 480 g/mol. The highest BCUT2D eigenvalue weighted by Crippen LogP contribution is 2.59. The Morgan fingerprint density at radius 1 is 1.24 bits per heavy atom. The first kappa shape index (κ1) is 26.0. The molecule has 0 aromatic heterocycles. The molecule has 4 nitrogen and oxygen atoms in total. The van der Waals surface area contributed by atoms with Crippen LogP contribution in [0.3, 0.4) is 0 Å². The maximum absolute atomic E-state index is 12.5. The summed E-state index contributed by atoms with van der Waals surface area (Å²) < 4.78 is 30.3. The fourth-order valence-electron chi connectivity index (χ4n) is 7.52. The molecule has 4 aliphatic rings. The first-order valence-electron chi connectivity index (χ1n) is 13.2. The van der Waals surface area contributed by atoms with Crippen LogP contribution in [0.4, 0.5) is 8.78 Å². The number of rotatable bonds is 7. The summed E-state index contributed by atoms with van der Waals surface area (Å²) in [5.74, 6) is 1.80. The van der Waals surface area contributed by atoms with Crippen molar-refractivity contribution in [1.29, 1.82) is 0 Å². The van der Waals surface area contributed by atoms with Gasteiger partial charge in [0.2, 0.25) is 0 Å². The van der Waals surface area contributed by atoms with Crippen LogP contribution in [0.1, 0.15) is 65.2 Å². The molecule has 3 aliphatic carbocycles. The number of fused-ring (bicyclic) bond motifs is 1. The molecular formula is C28H43F2NO3. The molecule has 0 unspecified atom stereocenters. The number of hydrogen-bond acceptors (Lipinski definition) is 4. The predicted molar refractivity (Wildman–Crippen MR) is 131 cm³/mol. The van der Waals surface area contributed by atoms with E-state index in [1.807, 2.05) is 0 Å². The van der Waals surface area contributed by atoms with E-state index in [1.165, 1.54) is 31.3 Å². The number of ether oxygens (including phenoxy) is 1. The summed E-state index contributed by atoms with van der Waals surface area (Å²) in [5, 5.41) is 20.2. The third-order valence-corrected chi connectivity index (χ3v) is 9.22. The Labute approximate surface area is 203 Å². The second kappa shape index (κ2) is 10.9. The van der Waals surface area contributed by atoms with E-state index in [4.69, 9.17) is 4.74 Å². The van der Waals surface area contributed by atoms with Crippen molar-refractivity contribution >= 4 is 0 Å². The van der Waals surface area contributed by atoms with Gasteiger partial charge in [0.15, 0.2) is 0 Å². The number of alkyl halides is 2. The average Bonchev–Trinajstić information content (AvgIpc) is 3.37. The highest BCUT2D eigenvalue weighted by molar-refractivity contribution is 5.38. The van der Waals surface area contributed by atoms with Gasteiger partial charge in [-0.05, 0) is 79.3 Å². The smallest absolute Gasteiger partial charge is 0.261 e. The molecule has 0 radical (unpaired) electrons. The highest BCUT2D eigenvalue weighted by Gasteiger charge is 2.50. The van der Waals surface area contributed by atoms with Crippen molar-refractivity contribution in [3.8, 4) is 0 Å².